The van der Waals surface area contributed by atoms with Crippen molar-refractivity contribution >= 4 is 17.4 Å². The van der Waals surface area contributed by atoms with Gasteiger partial charge in [-0.25, -0.2) is 0 Å². The largest absolute Gasteiger partial charge is 0.494 e. The lowest BCUT2D eigenvalue weighted by molar-refractivity contribution is -0.116. The summed E-state index contributed by atoms with van der Waals surface area (Å²) < 4.78 is 8.56. The van der Waals surface area contributed by atoms with Crippen LogP contribution in [0.5, 0.6) is 5.75 Å². The van der Waals surface area contributed by atoms with Crippen molar-refractivity contribution in [2.45, 2.75) is 26.7 Å². The minimum atomic E-state index is -0.251. The summed E-state index contributed by atoms with van der Waals surface area (Å²) in [6, 6.07) is 16.7. The van der Waals surface area contributed by atoms with E-state index < -0.39 is 0 Å². The van der Waals surface area contributed by atoms with Gasteiger partial charge in [-0.05, 0) is 44.5 Å². The minimum absolute atomic E-state index is 0.167. The molecule has 2 aromatic carbocycles. The first-order chi connectivity index (χ1) is 15.5. The fraction of sp³-hybridized carbons (Fsp3) is 0.250. The monoisotopic (exact) mass is 431 g/mol. The van der Waals surface area contributed by atoms with E-state index >= 15 is 0 Å². The van der Waals surface area contributed by atoms with Gasteiger partial charge >= 0.3 is 0 Å². The number of aromatic nitrogens is 4. The molecular weight excluding hydrogens is 406 g/mol. The molecule has 2 heterocycles. The van der Waals surface area contributed by atoms with Crippen LogP contribution in [0.3, 0.4) is 0 Å². The summed E-state index contributed by atoms with van der Waals surface area (Å²) in [5.41, 5.74) is 2.58. The lowest BCUT2D eigenvalue weighted by atomic mass is 10.1. The summed E-state index contributed by atoms with van der Waals surface area (Å²) >= 11 is 0. The van der Waals surface area contributed by atoms with Crippen molar-refractivity contribution in [2.75, 3.05) is 11.9 Å². The zero-order chi connectivity index (χ0) is 22.7. The van der Waals surface area contributed by atoms with E-state index in [0.29, 0.717) is 35.9 Å². The van der Waals surface area contributed by atoms with E-state index in [1.165, 1.54) is 4.52 Å². The molecule has 0 radical (unpaired) electrons. The summed E-state index contributed by atoms with van der Waals surface area (Å²) in [5.74, 6) is 1.54. The van der Waals surface area contributed by atoms with E-state index in [2.05, 4.69) is 15.4 Å². The Balaban J connectivity index is 1.53. The SMILES string of the molecule is CCOc1ccc(NC(=O)CCc2c(C)n(C)c3nc(-c4ccccc4)nn3c2=O)cc1. The second-order valence-electron chi connectivity index (χ2n) is 7.45. The molecule has 0 fully saturated rings. The molecule has 0 bridgehead atoms. The molecule has 0 saturated carbocycles. The number of benzene rings is 2. The number of ether oxygens (including phenoxy) is 1. The van der Waals surface area contributed by atoms with Gasteiger partial charge in [0.1, 0.15) is 5.75 Å². The number of carbonyl (C=O) groups is 1. The van der Waals surface area contributed by atoms with Crippen molar-refractivity contribution in [3.05, 3.63) is 76.2 Å². The van der Waals surface area contributed by atoms with E-state index in [-0.39, 0.29) is 17.9 Å². The van der Waals surface area contributed by atoms with Gasteiger partial charge in [0, 0.05) is 36.0 Å². The summed E-state index contributed by atoms with van der Waals surface area (Å²) in [5, 5.41) is 7.28. The van der Waals surface area contributed by atoms with Gasteiger partial charge in [-0.15, -0.1) is 5.10 Å². The maximum atomic E-state index is 13.1. The van der Waals surface area contributed by atoms with E-state index in [0.717, 1.165) is 17.0 Å². The quantitative estimate of drug-likeness (QED) is 0.485. The molecule has 4 aromatic rings. The molecule has 0 atom stereocenters. The lowest BCUT2D eigenvalue weighted by Gasteiger charge is -2.11. The van der Waals surface area contributed by atoms with Gasteiger partial charge in [-0.3, -0.25) is 9.59 Å². The van der Waals surface area contributed by atoms with Gasteiger partial charge in [0.2, 0.25) is 11.7 Å². The molecule has 8 heteroatoms. The fourth-order valence-corrected chi connectivity index (χ4v) is 3.55. The molecule has 4 rings (SSSR count). The van der Waals surface area contributed by atoms with Crippen LogP contribution in [0.4, 0.5) is 5.69 Å². The number of anilines is 1. The molecule has 0 aliphatic heterocycles. The zero-order valence-corrected chi connectivity index (χ0v) is 18.3. The van der Waals surface area contributed by atoms with Crippen LogP contribution in [0.2, 0.25) is 0 Å². The zero-order valence-electron chi connectivity index (χ0n) is 18.3. The first kappa shape index (κ1) is 21.3. The number of rotatable bonds is 7. The summed E-state index contributed by atoms with van der Waals surface area (Å²) in [6.45, 7) is 4.36. The molecule has 0 spiro atoms. The second-order valence-corrected chi connectivity index (χ2v) is 7.45. The Morgan fingerprint density at radius 1 is 1.09 bits per heavy atom. The second kappa shape index (κ2) is 9.05. The van der Waals surface area contributed by atoms with Crippen molar-refractivity contribution in [3.63, 3.8) is 0 Å². The van der Waals surface area contributed by atoms with Gasteiger partial charge in [0.25, 0.3) is 5.56 Å². The summed E-state index contributed by atoms with van der Waals surface area (Å²) in [7, 11) is 1.84. The Morgan fingerprint density at radius 2 is 1.81 bits per heavy atom. The highest BCUT2D eigenvalue weighted by Crippen LogP contribution is 2.18. The number of aryl methyl sites for hydroxylation is 1. The number of carbonyl (C=O) groups excluding carboxylic acids is 1. The van der Waals surface area contributed by atoms with Crippen LogP contribution in [0, 0.1) is 6.92 Å². The van der Waals surface area contributed by atoms with Gasteiger partial charge in [0.15, 0.2) is 5.82 Å². The van der Waals surface area contributed by atoms with Crippen LogP contribution in [0.1, 0.15) is 24.6 Å². The third-order valence-electron chi connectivity index (χ3n) is 5.36. The molecular formula is C24H25N5O3. The van der Waals surface area contributed by atoms with Crippen LogP contribution in [-0.4, -0.2) is 31.7 Å². The van der Waals surface area contributed by atoms with Crippen LogP contribution in [-0.2, 0) is 18.3 Å². The lowest BCUT2D eigenvalue weighted by Crippen LogP contribution is -2.26. The Morgan fingerprint density at radius 3 is 2.50 bits per heavy atom. The van der Waals surface area contributed by atoms with Gasteiger partial charge in [-0.2, -0.15) is 9.50 Å². The average Bonchev–Trinajstić information content (AvgIpc) is 3.26. The predicted octanol–water partition coefficient (Wildman–Crippen LogP) is 3.37. The number of hydrogen-bond acceptors (Lipinski definition) is 5. The molecule has 0 saturated heterocycles. The summed E-state index contributed by atoms with van der Waals surface area (Å²) in [6.07, 6.45) is 0.479. The molecule has 0 aliphatic carbocycles. The summed E-state index contributed by atoms with van der Waals surface area (Å²) in [4.78, 5) is 30.1. The normalized spacial score (nSPS) is 11.0. The van der Waals surface area contributed by atoms with E-state index in [4.69, 9.17) is 4.74 Å². The standard InChI is InChI=1S/C24H25N5O3/c1-4-32-19-12-10-18(11-13-19)25-21(30)15-14-20-16(2)28(3)24-26-22(27-29(24)23(20)31)17-8-6-5-7-9-17/h5-13H,4,14-15H2,1-3H3,(H,25,30). The molecule has 32 heavy (non-hydrogen) atoms. The predicted molar refractivity (Wildman–Crippen MR) is 123 cm³/mol. The van der Waals surface area contributed by atoms with E-state index in [1.807, 2.05) is 67.9 Å². The first-order valence-electron chi connectivity index (χ1n) is 10.5. The maximum Gasteiger partial charge on any atom is 0.279 e. The Kier molecular flexibility index (Phi) is 6.02. The van der Waals surface area contributed by atoms with Crippen LogP contribution >= 0.6 is 0 Å². The number of nitrogens with zero attached hydrogens (tertiary/aromatic N) is 4. The molecule has 0 unspecified atom stereocenters. The van der Waals surface area contributed by atoms with Gasteiger partial charge < -0.3 is 14.6 Å². The van der Waals surface area contributed by atoms with Crippen molar-refractivity contribution < 1.29 is 9.53 Å². The molecule has 8 nitrogen and oxygen atoms in total. The van der Waals surface area contributed by atoms with Crippen LogP contribution in [0.15, 0.2) is 59.4 Å². The highest BCUT2D eigenvalue weighted by Gasteiger charge is 2.17. The van der Waals surface area contributed by atoms with Crippen LogP contribution < -0.4 is 15.6 Å². The van der Waals surface area contributed by atoms with Crippen molar-refractivity contribution in [1.29, 1.82) is 0 Å². The minimum Gasteiger partial charge on any atom is -0.494 e. The number of nitrogens with one attached hydrogen (secondary N) is 1. The highest BCUT2D eigenvalue weighted by atomic mass is 16.5. The smallest absolute Gasteiger partial charge is 0.279 e. The van der Waals surface area contributed by atoms with Crippen LogP contribution in [0.25, 0.3) is 17.2 Å². The molecule has 0 aliphatic rings. The first-order valence-corrected chi connectivity index (χ1v) is 10.5. The number of fused-ring (bicyclic) bond motifs is 1. The fourth-order valence-electron chi connectivity index (χ4n) is 3.55. The maximum absolute atomic E-state index is 13.1. The number of hydrogen-bond donors (Lipinski definition) is 1. The van der Waals surface area contributed by atoms with Gasteiger partial charge in [-0.1, -0.05) is 30.3 Å². The third-order valence-corrected chi connectivity index (χ3v) is 5.36. The molecule has 2 aromatic heterocycles. The third kappa shape index (κ3) is 4.25. The Labute approximate surface area is 185 Å². The van der Waals surface area contributed by atoms with Crippen molar-refractivity contribution in [2.24, 2.45) is 7.05 Å². The Hall–Kier alpha value is -3.94. The highest BCUT2D eigenvalue weighted by molar-refractivity contribution is 5.90. The Bertz CT molecular complexity index is 1310. The molecule has 1 N–H and O–H groups in total. The average molecular weight is 431 g/mol. The number of amides is 1. The van der Waals surface area contributed by atoms with E-state index in [9.17, 15) is 9.59 Å². The molecule has 1 amide bonds. The molecule has 164 valence electrons. The van der Waals surface area contributed by atoms with E-state index in [1.54, 1.807) is 12.1 Å². The van der Waals surface area contributed by atoms with Gasteiger partial charge in [0.05, 0.1) is 6.61 Å². The van der Waals surface area contributed by atoms with Crippen molar-refractivity contribution in [1.82, 2.24) is 19.2 Å². The van der Waals surface area contributed by atoms with Crippen molar-refractivity contribution in [3.8, 4) is 17.1 Å². The topological polar surface area (TPSA) is 90.5 Å².